The molecule has 0 saturated heterocycles. The molecule has 0 amide bonds. The molecule has 2 atom stereocenters. The first-order valence-electron chi connectivity index (χ1n) is 35.8. The molecule has 9 nitrogen and oxygen atoms in total. The van der Waals surface area contributed by atoms with Crippen molar-refractivity contribution in [3.05, 3.63) is 170 Å². The summed E-state index contributed by atoms with van der Waals surface area (Å²) in [5.74, 6) is -0.855. The molecule has 2 unspecified atom stereocenters. The van der Waals surface area contributed by atoms with Crippen LogP contribution in [0, 0.1) is 0 Å². The van der Waals surface area contributed by atoms with Crippen LogP contribution in [0.4, 0.5) is 0 Å². The predicted octanol–water partition coefficient (Wildman–Crippen LogP) is 23.1. The van der Waals surface area contributed by atoms with E-state index in [1.165, 1.54) is 83.5 Å². The van der Waals surface area contributed by atoms with Crippen LogP contribution in [0.2, 0.25) is 0 Å². The van der Waals surface area contributed by atoms with E-state index in [4.69, 9.17) is 18.5 Å². The van der Waals surface area contributed by atoms with Crippen molar-refractivity contribution in [1.29, 1.82) is 0 Å². The van der Waals surface area contributed by atoms with E-state index in [1.54, 1.807) is 0 Å². The van der Waals surface area contributed by atoms with Crippen LogP contribution >= 0.6 is 7.82 Å². The number of unbranched alkanes of at least 4 members (excludes halogenated alkanes) is 22. The Morgan fingerprint density at radius 2 is 0.600 bits per heavy atom. The average Bonchev–Trinajstić information content (AvgIpc) is 3.62. The molecule has 90 heavy (non-hydrogen) atoms. The molecule has 0 aliphatic carbocycles. The van der Waals surface area contributed by atoms with Gasteiger partial charge < -0.3 is 27.9 Å². The van der Waals surface area contributed by atoms with E-state index in [2.05, 4.69) is 184 Å². The molecule has 510 valence electrons. The third-order valence-corrected chi connectivity index (χ3v) is 15.7. The zero-order valence-electron chi connectivity index (χ0n) is 58.0. The summed E-state index contributed by atoms with van der Waals surface area (Å²) in [5, 5.41) is 0. The maximum absolute atomic E-state index is 12.9. The molecular formula is C80H132NO8P. The predicted molar refractivity (Wildman–Crippen MR) is 387 cm³/mol. The number of rotatable bonds is 64. The van der Waals surface area contributed by atoms with Gasteiger partial charge in [0, 0.05) is 12.8 Å². The van der Waals surface area contributed by atoms with Crippen LogP contribution in [-0.4, -0.2) is 70.0 Å². The Hall–Kier alpha value is -4.63. The fourth-order valence-electron chi connectivity index (χ4n) is 9.32. The van der Waals surface area contributed by atoms with Gasteiger partial charge in [0.05, 0.1) is 27.7 Å². The topological polar surface area (TPSA) is 111 Å². The minimum Gasteiger partial charge on any atom is -0.756 e. The fourth-order valence-corrected chi connectivity index (χ4v) is 10.1. The molecule has 0 saturated carbocycles. The van der Waals surface area contributed by atoms with Crippen LogP contribution in [0.15, 0.2) is 170 Å². The van der Waals surface area contributed by atoms with Gasteiger partial charge in [-0.1, -0.05) is 300 Å². The number of ether oxygens (including phenoxy) is 2. The summed E-state index contributed by atoms with van der Waals surface area (Å²) in [5.41, 5.74) is 0. The lowest BCUT2D eigenvalue weighted by Gasteiger charge is -2.28. The van der Waals surface area contributed by atoms with Crippen molar-refractivity contribution in [3.8, 4) is 0 Å². The summed E-state index contributed by atoms with van der Waals surface area (Å²) in [6, 6.07) is 0. The number of hydrogen-bond donors (Lipinski definition) is 0. The summed E-state index contributed by atoms with van der Waals surface area (Å²) in [6.07, 6.45) is 104. The number of quaternary nitrogens is 1. The maximum atomic E-state index is 12.9. The highest BCUT2D eigenvalue weighted by atomic mass is 31.2. The molecule has 0 aliphatic rings. The first kappa shape index (κ1) is 85.4. The number of carbonyl (C=O) groups excluding carboxylic acids is 2. The molecule has 10 heteroatoms. The minimum absolute atomic E-state index is 0.0409. The number of nitrogens with zero attached hydrogens (tertiary/aromatic N) is 1. The van der Waals surface area contributed by atoms with E-state index < -0.39 is 32.5 Å². The van der Waals surface area contributed by atoms with Crippen molar-refractivity contribution in [3.63, 3.8) is 0 Å². The Morgan fingerprint density at radius 1 is 0.344 bits per heavy atom. The van der Waals surface area contributed by atoms with Crippen LogP contribution in [0.1, 0.15) is 271 Å². The zero-order chi connectivity index (χ0) is 65.5. The smallest absolute Gasteiger partial charge is 0.306 e. The van der Waals surface area contributed by atoms with Crippen molar-refractivity contribution in [2.45, 2.75) is 277 Å². The number of esters is 2. The second kappa shape index (κ2) is 68.7. The Balaban J connectivity index is 4.07. The maximum Gasteiger partial charge on any atom is 0.306 e. The molecule has 0 aromatic carbocycles. The summed E-state index contributed by atoms with van der Waals surface area (Å²) in [6.45, 7) is 3.99. The number of phosphoric acid groups is 1. The lowest BCUT2D eigenvalue weighted by Crippen LogP contribution is -2.37. The SMILES string of the molecule is CC/C=C\C/C=C\C/C=C\C/C=C\C/C=C\C/C=C\C/C=C\C/C=C\CCCCCCCCCCCCCCCCCCC(=O)OC(COC(=O)CCCCCCCC/C=C\C/C=C\C/C=C\C/C=C\C/C=C\C/C=C\CC)COP(=O)([O-])OCC[N+](C)(C)C. The van der Waals surface area contributed by atoms with Gasteiger partial charge in [0.25, 0.3) is 7.82 Å². The Morgan fingerprint density at radius 3 is 0.889 bits per heavy atom. The van der Waals surface area contributed by atoms with Gasteiger partial charge in [0.15, 0.2) is 6.10 Å². The highest BCUT2D eigenvalue weighted by Crippen LogP contribution is 2.38. The normalized spacial score (nSPS) is 14.2. The second-order valence-corrected chi connectivity index (χ2v) is 25.9. The quantitative estimate of drug-likeness (QED) is 0.0195. The molecule has 0 aromatic rings. The molecular weight excluding hydrogens is 1130 g/mol. The van der Waals surface area contributed by atoms with Crippen LogP contribution in [-0.2, 0) is 32.7 Å². The molecule has 0 rings (SSSR count). The number of phosphoric ester groups is 1. The number of carbonyl (C=O) groups is 2. The Labute approximate surface area is 553 Å². The molecule has 0 bridgehead atoms. The first-order valence-corrected chi connectivity index (χ1v) is 37.3. The van der Waals surface area contributed by atoms with E-state index in [9.17, 15) is 19.0 Å². The van der Waals surface area contributed by atoms with Crippen molar-refractivity contribution in [2.24, 2.45) is 0 Å². The van der Waals surface area contributed by atoms with Gasteiger partial charge in [0.1, 0.15) is 19.8 Å². The van der Waals surface area contributed by atoms with E-state index in [-0.39, 0.29) is 26.1 Å². The molecule has 0 heterocycles. The van der Waals surface area contributed by atoms with Gasteiger partial charge in [-0.15, -0.1) is 0 Å². The zero-order valence-corrected chi connectivity index (χ0v) is 58.9. The largest absolute Gasteiger partial charge is 0.756 e. The van der Waals surface area contributed by atoms with Crippen LogP contribution in [0.3, 0.4) is 0 Å². The Kier molecular flexibility index (Phi) is 65.2. The Bertz CT molecular complexity index is 2130. The summed E-state index contributed by atoms with van der Waals surface area (Å²) < 4.78 is 34.3. The summed E-state index contributed by atoms with van der Waals surface area (Å²) in [4.78, 5) is 38.1. The van der Waals surface area contributed by atoms with Crippen molar-refractivity contribution in [2.75, 3.05) is 47.5 Å². The van der Waals surface area contributed by atoms with E-state index >= 15 is 0 Å². The fraction of sp³-hybridized carbons (Fsp3) is 0.625. The van der Waals surface area contributed by atoms with Gasteiger partial charge in [-0.05, 0) is 128 Å². The molecule has 0 aliphatic heterocycles. The standard InChI is InChI=1S/C80H132NO8P/c1-6-8-10-12-14-16-18-20-22-24-26-28-30-32-33-34-35-36-37-38-39-40-41-42-43-44-45-46-47-49-51-53-55-57-59-61-63-65-67-69-71-73-80(83)89-78(77-88-90(84,85)87-75-74-81(3,4)5)76-86-79(82)72-70-68-66-64-62-60-58-56-54-52-50-48-31-29-27-25-23-21-19-17-15-13-11-9-7-2/h8-11,14-17,20-23,26-29,32-33,35-36,38-39,41-42,48,50,54,56,78H,6-7,12-13,18-19,24-25,30-31,34,37,40,43-47,49,51-53,55,57-77H2,1-5H3/b10-8-,11-9-,16-14-,17-15-,22-20-,23-21-,28-26-,29-27-,33-32-,36-35-,39-38-,42-41-,50-48-,56-54-. The highest BCUT2D eigenvalue weighted by molar-refractivity contribution is 7.45. The number of allylic oxidation sites excluding steroid dienone is 28. The summed E-state index contributed by atoms with van der Waals surface area (Å²) >= 11 is 0. The molecule has 0 N–H and O–H groups in total. The van der Waals surface area contributed by atoms with Gasteiger partial charge in [-0.2, -0.15) is 0 Å². The lowest BCUT2D eigenvalue weighted by molar-refractivity contribution is -0.870. The third-order valence-electron chi connectivity index (χ3n) is 14.7. The van der Waals surface area contributed by atoms with E-state index in [0.29, 0.717) is 23.9 Å². The van der Waals surface area contributed by atoms with Crippen LogP contribution < -0.4 is 4.89 Å². The molecule has 0 radical (unpaired) electrons. The molecule has 0 aromatic heterocycles. The minimum atomic E-state index is -4.66. The third kappa shape index (κ3) is 72.4. The molecule has 0 fully saturated rings. The van der Waals surface area contributed by atoms with E-state index in [1.807, 2.05) is 21.1 Å². The van der Waals surface area contributed by atoms with Crippen molar-refractivity contribution >= 4 is 19.8 Å². The van der Waals surface area contributed by atoms with Crippen LogP contribution in [0.5, 0.6) is 0 Å². The van der Waals surface area contributed by atoms with Crippen molar-refractivity contribution < 1.29 is 42.1 Å². The second-order valence-electron chi connectivity index (χ2n) is 24.5. The van der Waals surface area contributed by atoms with Gasteiger partial charge in [-0.25, -0.2) is 0 Å². The van der Waals surface area contributed by atoms with Crippen LogP contribution in [0.25, 0.3) is 0 Å². The van der Waals surface area contributed by atoms with Gasteiger partial charge in [-0.3, -0.25) is 14.2 Å². The number of hydrogen-bond acceptors (Lipinski definition) is 8. The van der Waals surface area contributed by atoms with Gasteiger partial charge >= 0.3 is 11.9 Å². The van der Waals surface area contributed by atoms with Crippen molar-refractivity contribution in [1.82, 2.24) is 0 Å². The average molecular weight is 1270 g/mol. The highest BCUT2D eigenvalue weighted by Gasteiger charge is 2.22. The molecule has 0 spiro atoms. The van der Waals surface area contributed by atoms with E-state index in [0.717, 1.165) is 148 Å². The number of likely N-dealkylation sites (N-methyl/N-ethyl adjacent to an activating group) is 1. The summed E-state index contributed by atoms with van der Waals surface area (Å²) in [7, 11) is 1.14. The van der Waals surface area contributed by atoms with Gasteiger partial charge in [0.2, 0.25) is 0 Å². The monoisotopic (exact) mass is 1270 g/mol. The first-order chi connectivity index (χ1) is 44.0. The lowest BCUT2D eigenvalue weighted by atomic mass is 10.0.